The average Bonchev–Trinajstić information content (AvgIpc) is 2.67. The van der Waals surface area contributed by atoms with Gasteiger partial charge in [-0.3, -0.25) is 4.98 Å². The lowest BCUT2D eigenvalue weighted by atomic mass is 10.1. The van der Waals surface area contributed by atoms with Crippen LogP contribution in [0.4, 0.5) is 37.7 Å². The third-order valence-electron chi connectivity index (χ3n) is 3.98. The highest BCUT2D eigenvalue weighted by atomic mass is 32.1. The van der Waals surface area contributed by atoms with Crippen molar-refractivity contribution in [2.24, 2.45) is 0 Å². The number of pyridine rings is 1. The number of benzene rings is 2. The molecule has 0 aliphatic heterocycles. The minimum absolute atomic E-state index is 0.0544. The summed E-state index contributed by atoms with van der Waals surface area (Å²) in [6, 6.07) is 11.7. The minimum Gasteiger partial charge on any atom is -0.332 e. The molecule has 1 aromatic heterocycles. The lowest BCUT2D eigenvalue weighted by Crippen LogP contribution is -2.20. The van der Waals surface area contributed by atoms with Crippen LogP contribution in [-0.2, 0) is 12.4 Å². The van der Waals surface area contributed by atoms with Gasteiger partial charge in [-0.15, -0.1) is 0 Å². The van der Waals surface area contributed by atoms with Crippen LogP contribution in [0.5, 0.6) is 0 Å². The van der Waals surface area contributed by atoms with Crippen LogP contribution in [0.1, 0.15) is 11.1 Å². The van der Waals surface area contributed by atoms with Gasteiger partial charge in [0.25, 0.3) is 0 Å². The van der Waals surface area contributed by atoms with Crippen molar-refractivity contribution in [1.82, 2.24) is 4.98 Å². The maximum Gasteiger partial charge on any atom is 0.416 e. The van der Waals surface area contributed by atoms with Crippen LogP contribution >= 0.6 is 12.2 Å². The highest BCUT2D eigenvalue weighted by Crippen LogP contribution is 2.37. The van der Waals surface area contributed by atoms with Gasteiger partial charge >= 0.3 is 12.4 Å². The van der Waals surface area contributed by atoms with Gasteiger partial charge in [0.2, 0.25) is 0 Å². The van der Waals surface area contributed by atoms with Gasteiger partial charge in [-0.25, -0.2) is 0 Å². The van der Waals surface area contributed by atoms with Gasteiger partial charge in [0, 0.05) is 23.8 Å². The Morgan fingerprint density at radius 1 is 0.733 bits per heavy atom. The van der Waals surface area contributed by atoms with Crippen LogP contribution in [0.2, 0.25) is 0 Å². The van der Waals surface area contributed by atoms with E-state index in [1.54, 1.807) is 42.7 Å². The average molecular weight is 441 g/mol. The molecule has 156 valence electrons. The number of thiocarbonyl (C=S) groups is 1. The fourth-order valence-corrected chi connectivity index (χ4v) is 2.84. The van der Waals surface area contributed by atoms with Gasteiger partial charge in [0.15, 0.2) is 5.11 Å². The van der Waals surface area contributed by atoms with E-state index in [0.29, 0.717) is 17.8 Å². The smallest absolute Gasteiger partial charge is 0.332 e. The summed E-state index contributed by atoms with van der Waals surface area (Å²) in [5, 5.41) is 4.94. The fourth-order valence-electron chi connectivity index (χ4n) is 2.60. The summed E-state index contributed by atoms with van der Waals surface area (Å²) in [7, 11) is 0. The van der Waals surface area contributed by atoms with Crippen molar-refractivity contribution in [1.29, 1.82) is 0 Å². The summed E-state index contributed by atoms with van der Waals surface area (Å²) in [6.07, 6.45) is -6.55. The zero-order valence-electron chi connectivity index (χ0n) is 15.0. The second kappa shape index (κ2) is 8.31. The number of hydrogen-bond acceptors (Lipinski definition) is 2. The molecule has 3 aromatic rings. The zero-order valence-corrected chi connectivity index (χ0v) is 15.8. The van der Waals surface area contributed by atoms with E-state index in [-0.39, 0.29) is 11.2 Å². The molecule has 0 fully saturated rings. The highest BCUT2D eigenvalue weighted by molar-refractivity contribution is 7.80. The third kappa shape index (κ3) is 5.47. The second-order valence-electron chi connectivity index (χ2n) is 6.19. The Morgan fingerprint density at radius 2 is 1.30 bits per heavy atom. The third-order valence-corrected chi connectivity index (χ3v) is 4.19. The van der Waals surface area contributed by atoms with Crippen LogP contribution in [-0.4, -0.2) is 10.1 Å². The molecule has 0 atom stereocenters. The number of halogens is 6. The van der Waals surface area contributed by atoms with Crippen LogP contribution in [0.25, 0.3) is 11.1 Å². The molecule has 10 heteroatoms. The quantitative estimate of drug-likeness (QED) is 0.355. The summed E-state index contributed by atoms with van der Waals surface area (Å²) in [6.45, 7) is 0. The van der Waals surface area contributed by atoms with E-state index < -0.39 is 29.2 Å². The Balaban J connectivity index is 1.76. The van der Waals surface area contributed by atoms with Crippen molar-refractivity contribution in [2.75, 3.05) is 10.6 Å². The molecular formula is C20H13F6N3S. The Kier molecular flexibility index (Phi) is 5.97. The van der Waals surface area contributed by atoms with Crippen molar-refractivity contribution in [3.8, 4) is 11.1 Å². The van der Waals surface area contributed by atoms with E-state index in [9.17, 15) is 26.3 Å². The van der Waals surface area contributed by atoms with Crippen LogP contribution < -0.4 is 10.6 Å². The summed E-state index contributed by atoms with van der Waals surface area (Å²) < 4.78 is 77.7. The maximum atomic E-state index is 13.0. The van der Waals surface area contributed by atoms with Gasteiger partial charge in [-0.05, 0) is 59.7 Å². The van der Waals surface area contributed by atoms with Crippen molar-refractivity contribution >= 4 is 28.7 Å². The van der Waals surface area contributed by atoms with Crippen LogP contribution in [0.15, 0.2) is 67.0 Å². The number of nitrogens with zero attached hydrogens (tertiary/aromatic N) is 1. The van der Waals surface area contributed by atoms with Gasteiger partial charge in [-0.2, -0.15) is 26.3 Å². The molecule has 30 heavy (non-hydrogen) atoms. The van der Waals surface area contributed by atoms with Crippen molar-refractivity contribution in [3.63, 3.8) is 0 Å². The molecule has 0 saturated carbocycles. The second-order valence-corrected chi connectivity index (χ2v) is 6.60. The summed E-state index contributed by atoms with van der Waals surface area (Å²) in [5.41, 5.74) is -1.02. The SMILES string of the molecule is FC(F)(F)c1cc(NC(=S)Nc2ccc(-c3cccnc3)cc2)cc(C(F)(F)F)c1. The number of rotatable bonds is 3. The topological polar surface area (TPSA) is 37.0 Å². The zero-order chi connectivity index (χ0) is 21.9. The fraction of sp³-hybridized carbons (Fsp3) is 0.100. The Hall–Kier alpha value is -3.14. The van der Waals surface area contributed by atoms with Crippen molar-refractivity contribution < 1.29 is 26.3 Å². The van der Waals surface area contributed by atoms with Gasteiger partial charge in [0.1, 0.15) is 0 Å². The van der Waals surface area contributed by atoms with E-state index in [1.165, 1.54) is 0 Å². The van der Waals surface area contributed by atoms with E-state index in [0.717, 1.165) is 11.1 Å². The van der Waals surface area contributed by atoms with E-state index in [1.807, 2.05) is 6.07 Å². The van der Waals surface area contributed by atoms with Gasteiger partial charge in [0.05, 0.1) is 11.1 Å². The molecule has 2 aromatic carbocycles. The summed E-state index contributed by atoms with van der Waals surface area (Å²) in [4.78, 5) is 4.02. The monoisotopic (exact) mass is 441 g/mol. The Morgan fingerprint density at radius 3 is 1.80 bits per heavy atom. The molecule has 3 rings (SSSR count). The van der Waals surface area contributed by atoms with Crippen molar-refractivity contribution in [2.45, 2.75) is 12.4 Å². The normalized spacial score (nSPS) is 11.8. The first kappa shape index (κ1) is 21.6. The molecule has 0 spiro atoms. The van der Waals surface area contributed by atoms with Crippen molar-refractivity contribution in [3.05, 3.63) is 78.1 Å². The molecule has 0 saturated heterocycles. The molecule has 0 aliphatic carbocycles. The van der Waals surface area contributed by atoms with E-state index in [4.69, 9.17) is 12.2 Å². The Labute approximate surface area is 172 Å². The predicted octanol–water partition coefficient (Wildman–Crippen LogP) is 6.60. The predicted molar refractivity (Wildman–Crippen MR) is 106 cm³/mol. The number of aromatic nitrogens is 1. The first-order valence-corrected chi connectivity index (χ1v) is 8.81. The summed E-state index contributed by atoms with van der Waals surface area (Å²) >= 11 is 5.02. The van der Waals surface area contributed by atoms with Crippen LogP contribution in [0, 0.1) is 0 Å². The molecule has 0 unspecified atom stereocenters. The number of hydrogen-bond donors (Lipinski definition) is 2. The standard InChI is InChI=1S/C20H13F6N3S/c21-19(22,23)14-8-15(20(24,25)26)10-17(9-14)29-18(30)28-16-5-3-12(4-6-16)13-2-1-7-27-11-13/h1-11H,(H2,28,29,30). The van der Waals surface area contributed by atoms with E-state index in [2.05, 4.69) is 15.6 Å². The largest absolute Gasteiger partial charge is 0.416 e. The molecule has 3 nitrogen and oxygen atoms in total. The molecule has 1 heterocycles. The minimum atomic E-state index is -4.94. The molecule has 0 amide bonds. The lowest BCUT2D eigenvalue weighted by Gasteiger charge is -2.16. The van der Waals surface area contributed by atoms with Gasteiger partial charge < -0.3 is 10.6 Å². The summed E-state index contributed by atoms with van der Waals surface area (Å²) in [5.74, 6) is 0. The highest BCUT2D eigenvalue weighted by Gasteiger charge is 2.37. The van der Waals surface area contributed by atoms with Gasteiger partial charge in [-0.1, -0.05) is 18.2 Å². The Bertz CT molecular complexity index is 999. The number of alkyl halides is 6. The molecule has 0 radical (unpaired) electrons. The number of nitrogens with one attached hydrogen (secondary N) is 2. The molecule has 0 bridgehead atoms. The number of anilines is 2. The van der Waals surface area contributed by atoms with E-state index >= 15 is 0 Å². The first-order valence-electron chi connectivity index (χ1n) is 8.40. The van der Waals surface area contributed by atoms with Crippen LogP contribution in [0.3, 0.4) is 0 Å². The maximum absolute atomic E-state index is 13.0. The first-order chi connectivity index (χ1) is 14.0. The molecular weight excluding hydrogens is 428 g/mol. The lowest BCUT2D eigenvalue weighted by molar-refractivity contribution is -0.143. The molecule has 2 N–H and O–H groups in total. The molecule has 0 aliphatic rings.